The third kappa shape index (κ3) is 4.51. The maximum atomic E-state index is 12.4. The molecule has 1 N–H and O–H groups in total. The molecule has 1 unspecified atom stereocenters. The number of ether oxygens (including phenoxy) is 2. The maximum absolute atomic E-state index is 12.4. The second-order valence-corrected chi connectivity index (χ2v) is 6.23. The molecular formula is C20H24N2O3. The van der Waals surface area contributed by atoms with Crippen LogP contribution in [0.3, 0.4) is 0 Å². The molecule has 0 saturated carbocycles. The van der Waals surface area contributed by atoms with Crippen LogP contribution in [0, 0.1) is 0 Å². The molecule has 5 heteroatoms. The van der Waals surface area contributed by atoms with Crippen molar-refractivity contribution in [2.45, 2.75) is 26.1 Å². The van der Waals surface area contributed by atoms with Crippen LogP contribution in [0.25, 0.3) is 0 Å². The van der Waals surface area contributed by atoms with Gasteiger partial charge in [0.1, 0.15) is 6.61 Å². The van der Waals surface area contributed by atoms with Gasteiger partial charge in [-0.05, 0) is 36.9 Å². The lowest BCUT2D eigenvalue weighted by molar-refractivity contribution is -0.130. The molecule has 0 bridgehead atoms. The number of benzene rings is 2. The van der Waals surface area contributed by atoms with E-state index < -0.39 is 6.10 Å². The van der Waals surface area contributed by atoms with Crippen molar-refractivity contribution in [3.8, 4) is 11.5 Å². The van der Waals surface area contributed by atoms with E-state index in [1.807, 2.05) is 36.4 Å². The Morgan fingerprint density at radius 3 is 2.72 bits per heavy atom. The highest BCUT2D eigenvalue weighted by atomic mass is 16.6. The number of para-hydroxylation sites is 2. The van der Waals surface area contributed by atoms with Crippen LogP contribution in [0.15, 0.2) is 48.5 Å². The minimum absolute atomic E-state index is 0.161. The van der Waals surface area contributed by atoms with Crippen molar-refractivity contribution in [3.63, 3.8) is 0 Å². The van der Waals surface area contributed by atoms with Gasteiger partial charge < -0.3 is 19.7 Å². The fourth-order valence-corrected chi connectivity index (χ4v) is 2.71. The highest BCUT2D eigenvalue weighted by molar-refractivity contribution is 5.81. The Balaban J connectivity index is 1.55. The van der Waals surface area contributed by atoms with Gasteiger partial charge in [-0.3, -0.25) is 4.79 Å². The van der Waals surface area contributed by atoms with Crippen LogP contribution in [0.4, 0.5) is 0 Å². The number of hydrogen-bond acceptors (Lipinski definition) is 4. The smallest absolute Gasteiger partial charge is 0.264 e. The van der Waals surface area contributed by atoms with Crippen molar-refractivity contribution in [3.05, 3.63) is 59.7 Å². The predicted molar refractivity (Wildman–Crippen MR) is 96.6 cm³/mol. The summed E-state index contributed by atoms with van der Waals surface area (Å²) in [6.07, 6.45) is -0.621. The summed E-state index contributed by atoms with van der Waals surface area (Å²) in [5, 5.41) is 2.94. The quantitative estimate of drug-likeness (QED) is 0.878. The number of nitrogens with zero attached hydrogens (tertiary/aromatic N) is 1. The Morgan fingerprint density at radius 2 is 1.92 bits per heavy atom. The average Bonchev–Trinajstić information content (AvgIpc) is 2.66. The van der Waals surface area contributed by atoms with Crippen LogP contribution < -0.4 is 14.8 Å². The third-order valence-corrected chi connectivity index (χ3v) is 4.25. The van der Waals surface area contributed by atoms with Gasteiger partial charge in [-0.2, -0.15) is 0 Å². The molecule has 5 nitrogen and oxygen atoms in total. The molecule has 1 atom stereocenters. The Morgan fingerprint density at radius 1 is 1.16 bits per heavy atom. The molecule has 0 spiro atoms. The average molecular weight is 340 g/mol. The summed E-state index contributed by atoms with van der Waals surface area (Å²) in [4.78, 5) is 14.6. The molecule has 3 rings (SSSR count). The van der Waals surface area contributed by atoms with Crippen LogP contribution in [0.5, 0.6) is 11.5 Å². The van der Waals surface area contributed by atoms with Crippen molar-refractivity contribution in [2.75, 3.05) is 20.2 Å². The fourth-order valence-electron chi connectivity index (χ4n) is 2.71. The first-order valence-electron chi connectivity index (χ1n) is 8.58. The van der Waals surface area contributed by atoms with Gasteiger partial charge in [0.25, 0.3) is 5.91 Å². The second kappa shape index (κ2) is 8.03. The summed E-state index contributed by atoms with van der Waals surface area (Å²) in [5.41, 5.74) is 2.31. The first-order valence-corrected chi connectivity index (χ1v) is 8.58. The number of fused-ring (bicyclic) bond motifs is 1. The lowest BCUT2D eigenvalue weighted by Gasteiger charge is -2.25. The maximum Gasteiger partial charge on any atom is 0.264 e. The highest BCUT2D eigenvalue weighted by Gasteiger charge is 2.26. The fraction of sp³-hybridized carbons (Fsp3) is 0.350. The molecule has 2 aromatic rings. The Labute approximate surface area is 148 Å². The predicted octanol–water partition coefficient (Wildman–Crippen LogP) is 2.59. The number of hydrogen-bond donors (Lipinski definition) is 1. The van der Waals surface area contributed by atoms with Gasteiger partial charge >= 0.3 is 0 Å². The Kier molecular flexibility index (Phi) is 5.56. The number of nitrogens with one attached hydrogen (secondary N) is 1. The molecule has 132 valence electrons. The zero-order valence-electron chi connectivity index (χ0n) is 14.7. The van der Waals surface area contributed by atoms with Crippen molar-refractivity contribution in [1.29, 1.82) is 0 Å². The summed E-state index contributed by atoms with van der Waals surface area (Å²) in [7, 11) is 2.09. The van der Waals surface area contributed by atoms with Crippen LogP contribution >= 0.6 is 0 Å². The topological polar surface area (TPSA) is 50.8 Å². The minimum Gasteiger partial charge on any atom is -0.485 e. The van der Waals surface area contributed by atoms with Gasteiger partial charge in [0.05, 0.1) is 0 Å². The van der Waals surface area contributed by atoms with Gasteiger partial charge in [0.2, 0.25) is 6.10 Å². The van der Waals surface area contributed by atoms with E-state index in [1.54, 1.807) is 0 Å². The summed E-state index contributed by atoms with van der Waals surface area (Å²) in [5.74, 6) is 1.13. The summed E-state index contributed by atoms with van der Waals surface area (Å²) in [6.45, 7) is 4.73. The summed E-state index contributed by atoms with van der Waals surface area (Å²) >= 11 is 0. The first kappa shape index (κ1) is 17.3. The number of carbonyl (C=O) groups is 1. The Bertz CT molecular complexity index is 732. The van der Waals surface area contributed by atoms with E-state index in [0.717, 1.165) is 18.7 Å². The van der Waals surface area contributed by atoms with Gasteiger partial charge in [0.15, 0.2) is 11.5 Å². The molecule has 2 aromatic carbocycles. The summed E-state index contributed by atoms with van der Waals surface area (Å²) < 4.78 is 11.3. The number of rotatable bonds is 6. The first-order chi connectivity index (χ1) is 12.2. The number of amides is 1. The zero-order chi connectivity index (χ0) is 17.6. The van der Waals surface area contributed by atoms with Crippen LogP contribution in [-0.4, -0.2) is 37.1 Å². The van der Waals surface area contributed by atoms with Crippen molar-refractivity contribution in [2.24, 2.45) is 0 Å². The Hall–Kier alpha value is -2.53. The molecule has 0 aromatic heterocycles. The molecule has 25 heavy (non-hydrogen) atoms. The molecular weight excluding hydrogens is 316 g/mol. The molecule has 1 aliphatic rings. The standard InChI is InChI=1S/C20H24N2O3/c1-3-22(2)13-16-8-6-7-15(11-16)12-21-20(23)19-14-24-17-9-4-5-10-18(17)25-19/h4-11,19H,3,12-14H2,1-2H3,(H,21,23). The van der Waals surface area contributed by atoms with E-state index in [2.05, 4.69) is 36.3 Å². The van der Waals surface area contributed by atoms with Crippen molar-refractivity contribution < 1.29 is 14.3 Å². The zero-order valence-corrected chi connectivity index (χ0v) is 14.7. The normalized spacial score (nSPS) is 15.9. The lowest BCUT2D eigenvalue weighted by Crippen LogP contribution is -2.43. The monoisotopic (exact) mass is 340 g/mol. The molecule has 0 radical (unpaired) electrons. The van der Waals surface area contributed by atoms with Crippen molar-refractivity contribution in [1.82, 2.24) is 10.2 Å². The van der Waals surface area contributed by atoms with E-state index in [0.29, 0.717) is 18.0 Å². The van der Waals surface area contributed by atoms with Gasteiger partial charge in [-0.1, -0.05) is 43.3 Å². The number of carbonyl (C=O) groups excluding carboxylic acids is 1. The van der Waals surface area contributed by atoms with Crippen molar-refractivity contribution >= 4 is 5.91 Å². The second-order valence-electron chi connectivity index (χ2n) is 6.23. The van der Waals surface area contributed by atoms with Gasteiger partial charge in [0, 0.05) is 13.1 Å². The molecule has 1 amide bonds. The molecule has 0 aliphatic carbocycles. The third-order valence-electron chi connectivity index (χ3n) is 4.25. The molecule has 0 fully saturated rings. The van der Waals surface area contributed by atoms with E-state index in [9.17, 15) is 4.79 Å². The minimum atomic E-state index is -0.621. The van der Waals surface area contributed by atoms with Crippen LogP contribution in [0.1, 0.15) is 18.1 Å². The van der Waals surface area contributed by atoms with E-state index >= 15 is 0 Å². The highest BCUT2D eigenvalue weighted by Crippen LogP contribution is 2.30. The van der Waals surface area contributed by atoms with E-state index in [4.69, 9.17) is 9.47 Å². The van der Waals surface area contributed by atoms with Crippen LogP contribution in [-0.2, 0) is 17.9 Å². The van der Waals surface area contributed by atoms with E-state index in [1.165, 1.54) is 5.56 Å². The van der Waals surface area contributed by atoms with E-state index in [-0.39, 0.29) is 12.5 Å². The SMILES string of the molecule is CCN(C)Cc1cccc(CNC(=O)C2COc3ccccc3O2)c1. The summed E-state index contributed by atoms with van der Waals surface area (Å²) in [6, 6.07) is 15.7. The van der Waals surface area contributed by atoms with Gasteiger partial charge in [-0.25, -0.2) is 0 Å². The van der Waals surface area contributed by atoms with Gasteiger partial charge in [-0.15, -0.1) is 0 Å². The lowest BCUT2D eigenvalue weighted by atomic mass is 10.1. The molecule has 0 saturated heterocycles. The largest absolute Gasteiger partial charge is 0.485 e. The molecule has 1 aliphatic heterocycles. The molecule has 1 heterocycles. The van der Waals surface area contributed by atoms with Crippen LogP contribution in [0.2, 0.25) is 0 Å².